The van der Waals surface area contributed by atoms with Gasteiger partial charge in [-0.15, -0.1) is 0 Å². The topological polar surface area (TPSA) is 80.3 Å². The van der Waals surface area contributed by atoms with E-state index in [1.54, 1.807) is 30.3 Å². The molecule has 6 heteroatoms. The lowest BCUT2D eigenvalue weighted by atomic mass is 10.0. The first-order valence-corrected chi connectivity index (χ1v) is 10.4. The Bertz CT molecular complexity index is 1280. The van der Waals surface area contributed by atoms with E-state index >= 15 is 0 Å². The molecular formula is C26H23N3O3. The van der Waals surface area contributed by atoms with Gasteiger partial charge in [-0.05, 0) is 55.5 Å². The van der Waals surface area contributed by atoms with Crippen LogP contribution < -0.4 is 15.4 Å². The summed E-state index contributed by atoms with van der Waals surface area (Å²) >= 11 is 0. The van der Waals surface area contributed by atoms with E-state index in [2.05, 4.69) is 10.6 Å². The van der Waals surface area contributed by atoms with Gasteiger partial charge in [0.2, 0.25) is 5.91 Å². The average Bonchev–Trinajstić information content (AvgIpc) is 2.80. The molecule has 4 aromatic rings. The highest BCUT2D eigenvalue weighted by Gasteiger charge is 2.16. The number of aromatic nitrogens is 1. The lowest BCUT2D eigenvalue weighted by Gasteiger charge is -2.13. The molecule has 32 heavy (non-hydrogen) atoms. The van der Waals surface area contributed by atoms with Crippen molar-refractivity contribution in [2.75, 3.05) is 17.2 Å². The zero-order valence-electron chi connectivity index (χ0n) is 17.9. The minimum atomic E-state index is -0.244. The van der Waals surface area contributed by atoms with Crippen molar-refractivity contribution in [3.63, 3.8) is 0 Å². The summed E-state index contributed by atoms with van der Waals surface area (Å²) in [6, 6.07) is 24.0. The highest BCUT2D eigenvalue weighted by Crippen LogP contribution is 2.32. The Kier molecular flexibility index (Phi) is 6.12. The van der Waals surface area contributed by atoms with Crippen LogP contribution in [-0.4, -0.2) is 23.4 Å². The van der Waals surface area contributed by atoms with Crippen LogP contribution in [0.2, 0.25) is 0 Å². The van der Waals surface area contributed by atoms with Gasteiger partial charge in [-0.2, -0.15) is 0 Å². The normalized spacial score (nSPS) is 10.6. The van der Waals surface area contributed by atoms with E-state index in [4.69, 9.17) is 9.72 Å². The van der Waals surface area contributed by atoms with Crippen molar-refractivity contribution in [3.8, 4) is 17.0 Å². The highest BCUT2D eigenvalue weighted by atomic mass is 16.5. The number of ether oxygens (including phenoxy) is 1. The first-order valence-electron chi connectivity index (χ1n) is 10.4. The molecule has 6 nitrogen and oxygen atoms in total. The number of pyridine rings is 1. The lowest BCUT2D eigenvalue weighted by molar-refractivity contribution is -0.114. The van der Waals surface area contributed by atoms with Gasteiger partial charge in [0, 0.05) is 29.2 Å². The van der Waals surface area contributed by atoms with E-state index < -0.39 is 0 Å². The van der Waals surface area contributed by atoms with E-state index in [1.807, 2.05) is 55.5 Å². The molecule has 0 aliphatic carbocycles. The molecule has 0 unspecified atom stereocenters. The van der Waals surface area contributed by atoms with Crippen LogP contribution in [0.1, 0.15) is 24.2 Å². The number of nitrogens with zero attached hydrogens (tertiary/aromatic N) is 1. The van der Waals surface area contributed by atoms with Gasteiger partial charge in [0.15, 0.2) is 0 Å². The minimum Gasteiger partial charge on any atom is -0.493 e. The van der Waals surface area contributed by atoms with Crippen LogP contribution in [-0.2, 0) is 4.79 Å². The molecule has 160 valence electrons. The van der Waals surface area contributed by atoms with Crippen LogP contribution in [0, 0.1) is 0 Å². The summed E-state index contributed by atoms with van der Waals surface area (Å²) in [4.78, 5) is 29.2. The third-order valence-corrected chi connectivity index (χ3v) is 4.89. The molecule has 0 aliphatic rings. The number of anilines is 2. The zero-order chi connectivity index (χ0) is 22.5. The Morgan fingerprint density at radius 2 is 1.53 bits per heavy atom. The van der Waals surface area contributed by atoms with Crippen LogP contribution in [0.3, 0.4) is 0 Å². The molecule has 0 fully saturated rings. The number of hydrogen-bond donors (Lipinski definition) is 2. The molecule has 0 radical (unpaired) electrons. The maximum absolute atomic E-state index is 13.2. The fraction of sp³-hybridized carbons (Fsp3) is 0.115. The van der Waals surface area contributed by atoms with Gasteiger partial charge >= 0.3 is 0 Å². The number of fused-ring (bicyclic) bond motifs is 1. The maximum Gasteiger partial charge on any atom is 0.256 e. The Morgan fingerprint density at radius 3 is 2.25 bits per heavy atom. The molecule has 4 rings (SSSR count). The Hall–Kier alpha value is -4.19. The number of rotatable bonds is 6. The SMILES string of the molecule is CCOc1ccccc1-c1cc(C(=O)Nc2ccc(NC(C)=O)cc2)c2ccccc2n1. The predicted molar refractivity (Wildman–Crippen MR) is 127 cm³/mol. The fourth-order valence-corrected chi connectivity index (χ4v) is 3.50. The number of carbonyl (C=O) groups is 2. The molecule has 0 aliphatic heterocycles. The van der Waals surface area contributed by atoms with Crippen molar-refractivity contribution >= 4 is 34.1 Å². The molecule has 0 saturated carbocycles. The van der Waals surface area contributed by atoms with Crippen molar-refractivity contribution in [1.29, 1.82) is 0 Å². The van der Waals surface area contributed by atoms with Gasteiger partial charge in [0.05, 0.1) is 23.4 Å². The number of amides is 2. The molecule has 0 atom stereocenters. The van der Waals surface area contributed by atoms with Crippen molar-refractivity contribution in [1.82, 2.24) is 4.98 Å². The minimum absolute atomic E-state index is 0.148. The third kappa shape index (κ3) is 4.59. The Balaban J connectivity index is 1.72. The molecule has 2 N–H and O–H groups in total. The summed E-state index contributed by atoms with van der Waals surface area (Å²) < 4.78 is 5.77. The van der Waals surface area contributed by atoms with Crippen molar-refractivity contribution in [2.24, 2.45) is 0 Å². The second kappa shape index (κ2) is 9.31. The lowest BCUT2D eigenvalue weighted by Crippen LogP contribution is -2.13. The summed E-state index contributed by atoms with van der Waals surface area (Å²) in [6.45, 7) is 3.92. The van der Waals surface area contributed by atoms with Crippen LogP contribution in [0.4, 0.5) is 11.4 Å². The van der Waals surface area contributed by atoms with E-state index in [0.29, 0.717) is 29.2 Å². The molecule has 2 amide bonds. The molecule has 3 aromatic carbocycles. The molecule has 1 aromatic heterocycles. The maximum atomic E-state index is 13.2. The first kappa shape index (κ1) is 21.1. The monoisotopic (exact) mass is 425 g/mol. The van der Waals surface area contributed by atoms with Crippen molar-refractivity contribution in [2.45, 2.75) is 13.8 Å². The zero-order valence-corrected chi connectivity index (χ0v) is 17.9. The van der Waals surface area contributed by atoms with Gasteiger partial charge in [-0.25, -0.2) is 4.98 Å². The Morgan fingerprint density at radius 1 is 0.875 bits per heavy atom. The number of hydrogen-bond acceptors (Lipinski definition) is 4. The van der Waals surface area contributed by atoms with Crippen LogP contribution in [0.5, 0.6) is 5.75 Å². The fourth-order valence-electron chi connectivity index (χ4n) is 3.50. The summed E-state index contributed by atoms with van der Waals surface area (Å²) in [6.07, 6.45) is 0. The van der Waals surface area contributed by atoms with E-state index in [9.17, 15) is 9.59 Å². The quantitative estimate of drug-likeness (QED) is 0.427. The van der Waals surface area contributed by atoms with Crippen molar-refractivity contribution in [3.05, 3.63) is 84.4 Å². The van der Waals surface area contributed by atoms with E-state index in [0.717, 1.165) is 22.2 Å². The molecule has 0 spiro atoms. The van der Waals surface area contributed by atoms with Crippen LogP contribution >= 0.6 is 0 Å². The highest BCUT2D eigenvalue weighted by molar-refractivity contribution is 6.13. The van der Waals surface area contributed by atoms with E-state index in [1.165, 1.54) is 6.92 Å². The smallest absolute Gasteiger partial charge is 0.256 e. The number of para-hydroxylation sites is 2. The summed E-state index contributed by atoms with van der Waals surface area (Å²) in [5.41, 5.74) is 4.03. The number of benzene rings is 3. The van der Waals surface area contributed by atoms with Gasteiger partial charge in [-0.3, -0.25) is 9.59 Å². The first-order chi connectivity index (χ1) is 15.5. The van der Waals surface area contributed by atoms with Crippen LogP contribution in [0.25, 0.3) is 22.2 Å². The van der Waals surface area contributed by atoms with Gasteiger partial charge < -0.3 is 15.4 Å². The molecule has 1 heterocycles. The molecule has 0 saturated heterocycles. The molecule has 0 bridgehead atoms. The third-order valence-electron chi connectivity index (χ3n) is 4.89. The second-order valence-corrected chi connectivity index (χ2v) is 7.21. The summed E-state index contributed by atoms with van der Waals surface area (Å²) in [5, 5.41) is 6.41. The van der Waals surface area contributed by atoms with Crippen LogP contribution in [0.15, 0.2) is 78.9 Å². The summed E-state index contributed by atoms with van der Waals surface area (Å²) in [7, 11) is 0. The second-order valence-electron chi connectivity index (χ2n) is 7.21. The number of carbonyl (C=O) groups excluding carboxylic acids is 2. The largest absolute Gasteiger partial charge is 0.493 e. The van der Waals surface area contributed by atoms with Gasteiger partial charge in [-0.1, -0.05) is 30.3 Å². The van der Waals surface area contributed by atoms with Gasteiger partial charge in [0.25, 0.3) is 5.91 Å². The molecular weight excluding hydrogens is 402 g/mol. The predicted octanol–water partition coefficient (Wildman–Crippen LogP) is 5.51. The van der Waals surface area contributed by atoms with Crippen molar-refractivity contribution < 1.29 is 14.3 Å². The van der Waals surface area contributed by atoms with Gasteiger partial charge in [0.1, 0.15) is 5.75 Å². The standard InChI is InChI=1S/C26H23N3O3/c1-3-32-25-11-7-5-9-21(25)24-16-22(20-8-4-6-10-23(20)29-24)26(31)28-19-14-12-18(13-15-19)27-17(2)30/h4-16H,3H2,1-2H3,(H,27,30)(H,28,31). The van der Waals surface area contributed by atoms with E-state index in [-0.39, 0.29) is 11.8 Å². The average molecular weight is 425 g/mol. The Labute approximate surface area is 186 Å². The number of nitrogens with one attached hydrogen (secondary N) is 2. The summed E-state index contributed by atoms with van der Waals surface area (Å²) in [5.74, 6) is 0.327.